The van der Waals surface area contributed by atoms with Crippen molar-refractivity contribution in [3.63, 3.8) is 0 Å². The van der Waals surface area contributed by atoms with Crippen molar-refractivity contribution in [1.29, 1.82) is 0 Å². The van der Waals surface area contributed by atoms with E-state index in [0.717, 1.165) is 26.2 Å². The van der Waals surface area contributed by atoms with E-state index in [1.165, 1.54) is 16.7 Å². The van der Waals surface area contributed by atoms with Crippen molar-refractivity contribution < 1.29 is 0 Å². The molecule has 1 aromatic rings. The highest BCUT2D eigenvalue weighted by Gasteiger charge is 2.18. The highest BCUT2D eigenvalue weighted by atomic mass is 15.2. The van der Waals surface area contributed by atoms with Gasteiger partial charge >= 0.3 is 0 Å². The van der Waals surface area contributed by atoms with Gasteiger partial charge in [-0.1, -0.05) is 23.8 Å². The maximum Gasteiger partial charge on any atom is 0.0323 e. The lowest BCUT2D eigenvalue weighted by Crippen LogP contribution is -2.44. The second-order valence-corrected chi connectivity index (χ2v) is 4.82. The summed E-state index contributed by atoms with van der Waals surface area (Å²) in [4.78, 5) is 2.56. The molecule has 0 saturated carbocycles. The molecule has 1 aliphatic rings. The fourth-order valence-electron chi connectivity index (χ4n) is 2.56. The first-order chi connectivity index (χ1) is 7.68. The molecule has 0 radical (unpaired) electrons. The molecule has 1 aromatic carbocycles. The minimum Gasteiger partial charge on any atom is -0.314 e. The molecule has 0 amide bonds. The first-order valence-electron chi connectivity index (χ1n) is 6.20. The molecule has 0 unspecified atom stereocenters. The van der Waals surface area contributed by atoms with Gasteiger partial charge in [-0.25, -0.2) is 0 Å². The van der Waals surface area contributed by atoms with Crippen LogP contribution in [0.25, 0.3) is 0 Å². The van der Waals surface area contributed by atoms with E-state index in [-0.39, 0.29) is 0 Å². The lowest BCUT2D eigenvalue weighted by molar-refractivity contribution is 0.185. The maximum atomic E-state index is 3.40. The predicted molar refractivity (Wildman–Crippen MR) is 68.8 cm³/mol. The molecule has 0 spiro atoms. The molecule has 2 rings (SSSR count). The second-order valence-electron chi connectivity index (χ2n) is 4.82. The van der Waals surface area contributed by atoms with Gasteiger partial charge in [0.2, 0.25) is 0 Å². The summed E-state index contributed by atoms with van der Waals surface area (Å²) in [5, 5.41) is 3.40. The average Bonchev–Trinajstić information content (AvgIpc) is 2.29. The fraction of sp³-hybridized carbons (Fsp3) is 0.571. The highest BCUT2D eigenvalue weighted by Crippen LogP contribution is 2.24. The lowest BCUT2D eigenvalue weighted by atomic mass is 9.99. The maximum absolute atomic E-state index is 3.40. The monoisotopic (exact) mass is 218 g/mol. The van der Waals surface area contributed by atoms with Gasteiger partial charge in [0.15, 0.2) is 0 Å². The SMILES string of the molecule is Cc1ccc([C@H](C)N2CCNCC2)c(C)c1. The van der Waals surface area contributed by atoms with Crippen LogP contribution in [0.4, 0.5) is 0 Å². The summed E-state index contributed by atoms with van der Waals surface area (Å²) in [5.41, 5.74) is 4.26. The molecule has 1 N–H and O–H groups in total. The molecule has 2 heteroatoms. The van der Waals surface area contributed by atoms with E-state index in [2.05, 4.69) is 49.2 Å². The fourth-order valence-corrected chi connectivity index (χ4v) is 2.56. The first kappa shape index (κ1) is 11.6. The topological polar surface area (TPSA) is 15.3 Å². The number of aryl methyl sites for hydroxylation is 2. The Morgan fingerprint density at radius 3 is 2.50 bits per heavy atom. The van der Waals surface area contributed by atoms with Gasteiger partial charge in [-0.15, -0.1) is 0 Å². The molecule has 1 atom stereocenters. The molecular formula is C14H22N2. The van der Waals surface area contributed by atoms with E-state index >= 15 is 0 Å². The van der Waals surface area contributed by atoms with Crippen molar-refractivity contribution in [3.8, 4) is 0 Å². The molecule has 1 fully saturated rings. The zero-order valence-electron chi connectivity index (χ0n) is 10.6. The van der Waals surface area contributed by atoms with Gasteiger partial charge < -0.3 is 5.32 Å². The summed E-state index contributed by atoms with van der Waals surface area (Å²) >= 11 is 0. The number of benzene rings is 1. The smallest absolute Gasteiger partial charge is 0.0323 e. The summed E-state index contributed by atoms with van der Waals surface area (Å²) in [6.45, 7) is 11.3. The number of hydrogen-bond acceptors (Lipinski definition) is 2. The summed E-state index contributed by atoms with van der Waals surface area (Å²) in [6.07, 6.45) is 0. The first-order valence-corrected chi connectivity index (χ1v) is 6.20. The third kappa shape index (κ3) is 2.45. The van der Waals surface area contributed by atoms with E-state index in [0.29, 0.717) is 6.04 Å². The molecule has 2 nitrogen and oxygen atoms in total. The Kier molecular flexibility index (Phi) is 3.62. The van der Waals surface area contributed by atoms with Crippen LogP contribution in [0.2, 0.25) is 0 Å². The summed E-state index contributed by atoms with van der Waals surface area (Å²) in [5.74, 6) is 0. The average molecular weight is 218 g/mol. The Morgan fingerprint density at radius 1 is 1.19 bits per heavy atom. The lowest BCUT2D eigenvalue weighted by Gasteiger charge is -2.33. The van der Waals surface area contributed by atoms with E-state index < -0.39 is 0 Å². The van der Waals surface area contributed by atoms with E-state index in [1.807, 2.05) is 0 Å². The largest absolute Gasteiger partial charge is 0.314 e. The Bertz CT molecular complexity index is 354. The predicted octanol–water partition coefficient (Wildman–Crippen LogP) is 2.27. The van der Waals surface area contributed by atoms with Crippen LogP contribution in [0.15, 0.2) is 18.2 Å². The van der Waals surface area contributed by atoms with Gasteiger partial charge in [-0.2, -0.15) is 0 Å². The quantitative estimate of drug-likeness (QED) is 0.819. The third-order valence-corrected chi connectivity index (χ3v) is 3.57. The minimum atomic E-state index is 0.544. The highest BCUT2D eigenvalue weighted by molar-refractivity contribution is 5.32. The Hall–Kier alpha value is -0.860. The van der Waals surface area contributed by atoms with Crippen LogP contribution in [-0.4, -0.2) is 31.1 Å². The van der Waals surface area contributed by atoms with Crippen LogP contribution in [0.3, 0.4) is 0 Å². The Labute approximate surface area is 98.7 Å². The molecule has 0 aromatic heterocycles. The van der Waals surface area contributed by atoms with Gasteiger partial charge in [0, 0.05) is 32.2 Å². The molecular weight excluding hydrogens is 196 g/mol. The van der Waals surface area contributed by atoms with Crippen LogP contribution < -0.4 is 5.32 Å². The molecule has 1 aliphatic heterocycles. The number of rotatable bonds is 2. The van der Waals surface area contributed by atoms with Crippen LogP contribution in [0.1, 0.15) is 29.7 Å². The standard InChI is InChI=1S/C14H22N2/c1-11-4-5-14(12(2)10-11)13(3)16-8-6-15-7-9-16/h4-5,10,13,15H,6-9H2,1-3H3/t13-/m0/s1. The molecule has 0 bridgehead atoms. The van der Waals surface area contributed by atoms with Crippen molar-refractivity contribution in [3.05, 3.63) is 34.9 Å². The third-order valence-electron chi connectivity index (χ3n) is 3.57. The Balaban J connectivity index is 2.15. The van der Waals surface area contributed by atoms with E-state index in [1.54, 1.807) is 0 Å². The summed E-state index contributed by atoms with van der Waals surface area (Å²) < 4.78 is 0. The van der Waals surface area contributed by atoms with E-state index in [9.17, 15) is 0 Å². The zero-order valence-corrected chi connectivity index (χ0v) is 10.6. The molecule has 1 heterocycles. The number of nitrogens with one attached hydrogen (secondary N) is 1. The van der Waals surface area contributed by atoms with Crippen LogP contribution in [-0.2, 0) is 0 Å². The van der Waals surface area contributed by atoms with Crippen molar-refractivity contribution in [2.24, 2.45) is 0 Å². The van der Waals surface area contributed by atoms with Gasteiger partial charge in [0.1, 0.15) is 0 Å². The van der Waals surface area contributed by atoms with E-state index in [4.69, 9.17) is 0 Å². The molecule has 1 saturated heterocycles. The van der Waals surface area contributed by atoms with Crippen LogP contribution in [0.5, 0.6) is 0 Å². The van der Waals surface area contributed by atoms with Gasteiger partial charge in [-0.3, -0.25) is 4.90 Å². The van der Waals surface area contributed by atoms with Gasteiger partial charge in [-0.05, 0) is 31.9 Å². The van der Waals surface area contributed by atoms with Crippen molar-refractivity contribution in [2.45, 2.75) is 26.8 Å². The number of hydrogen-bond donors (Lipinski definition) is 1. The van der Waals surface area contributed by atoms with Crippen LogP contribution in [0, 0.1) is 13.8 Å². The molecule has 16 heavy (non-hydrogen) atoms. The van der Waals surface area contributed by atoms with Gasteiger partial charge in [0.05, 0.1) is 0 Å². The van der Waals surface area contributed by atoms with Gasteiger partial charge in [0.25, 0.3) is 0 Å². The van der Waals surface area contributed by atoms with Crippen molar-refractivity contribution in [2.75, 3.05) is 26.2 Å². The number of piperazine rings is 1. The van der Waals surface area contributed by atoms with Crippen LogP contribution >= 0.6 is 0 Å². The number of nitrogens with zero attached hydrogens (tertiary/aromatic N) is 1. The summed E-state index contributed by atoms with van der Waals surface area (Å²) in [7, 11) is 0. The van der Waals surface area contributed by atoms with Crippen molar-refractivity contribution in [1.82, 2.24) is 10.2 Å². The van der Waals surface area contributed by atoms with Crippen molar-refractivity contribution >= 4 is 0 Å². The molecule has 88 valence electrons. The second kappa shape index (κ2) is 4.98. The molecule has 0 aliphatic carbocycles. The zero-order chi connectivity index (χ0) is 11.5. The minimum absolute atomic E-state index is 0.544. The summed E-state index contributed by atoms with van der Waals surface area (Å²) in [6, 6.07) is 7.34. The normalized spacial score (nSPS) is 19.7. The Morgan fingerprint density at radius 2 is 1.88 bits per heavy atom.